The first-order valence-electron chi connectivity index (χ1n) is 23.6. The first kappa shape index (κ1) is 37.3. The van der Waals surface area contributed by atoms with Crippen molar-refractivity contribution in [1.82, 2.24) is 9.13 Å². The number of nitrogens with zero attached hydrogens (tertiary/aromatic N) is 2. The van der Waals surface area contributed by atoms with Gasteiger partial charge in [-0.15, -0.1) is 0 Å². The van der Waals surface area contributed by atoms with E-state index in [4.69, 9.17) is 0 Å². The molecule has 0 unspecified atom stereocenters. The summed E-state index contributed by atoms with van der Waals surface area (Å²) < 4.78 is 4.84. The van der Waals surface area contributed by atoms with Crippen LogP contribution < -0.4 is 0 Å². The van der Waals surface area contributed by atoms with Crippen molar-refractivity contribution in [3.8, 4) is 67.0 Å². The zero-order valence-corrected chi connectivity index (χ0v) is 37.0. The average molecular weight is 861 g/mol. The SMILES string of the molecule is c1ccc(-n2c3ccccc3c3ccc(-c4cc(-c5ccc6c7ccccc7n(-c7ccccc7)c6c5)cc(-c5ccc6c7c(cccc57)-c5c-6c6ccccc6c6ccccc56)c4)cc32)cc1. The van der Waals surface area contributed by atoms with E-state index in [9.17, 15) is 0 Å². The molecule has 1 aliphatic carbocycles. The van der Waals surface area contributed by atoms with Gasteiger partial charge in [-0.1, -0.05) is 176 Å². The topological polar surface area (TPSA) is 9.86 Å². The number of para-hydroxylation sites is 4. The highest BCUT2D eigenvalue weighted by molar-refractivity contribution is 6.31. The molecule has 0 radical (unpaired) electrons. The van der Waals surface area contributed by atoms with Gasteiger partial charge in [0.1, 0.15) is 0 Å². The smallest absolute Gasteiger partial charge is 0.0547 e. The molecular weight excluding hydrogens is 821 g/mol. The summed E-state index contributed by atoms with van der Waals surface area (Å²) in [5, 5.41) is 12.8. The highest BCUT2D eigenvalue weighted by Gasteiger charge is 2.28. The largest absolute Gasteiger partial charge is 0.309 e. The Balaban J connectivity index is 0.997. The average Bonchev–Trinajstić information content (AvgIpc) is 4.05. The van der Waals surface area contributed by atoms with Gasteiger partial charge in [-0.05, 0) is 155 Å². The molecule has 0 bridgehead atoms. The quantitative estimate of drug-likeness (QED) is 0.153. The van der Waals surface area contributed by atoms with Crippen LogP contribution in [0.25, 0.3) is 143 Å². The van der Waals surface area contributed by atoms with Crippen LogP contribution in [0.3, 0.4) is 0 Å². The second-order valence-corrected chi connectivity index (χ2v) is 18.4. The van der Waals surface area contributed by atoms with E-state index in [1.165, 1.54) is 132 Å². The monoisotopic (exact) mass is 860 g/mol. The van der Waals surface area contributed by atoms with Gasteiger partial charge in [-0.25, -0.2) is 0 Å². The van der Waals surface area contributed by atoms with Crippen LogP contribution in [-0.2, 0) is 0 Å². The Morgan fingerprint density at radius 1 is 0.206 bits per heavy atom. The van der Waals surface area contributed by atoms with Gasteiger partial charge in [0, 0.05) is 32.9 Å². The van der Waals surface area contributed by atoms with E-state index < -0.39 is 0 Å². The predicted octanol–water partition coefficient (Wildman–Crippen LogP) is 18.0. The van der Waals surface area contributed by atoms with E-state index in [0.29, 0.717) is 0 Å². The number of rotatable bonds is 5. The molecule has 2 heteroatoms. The van der Waals surface area contributed by atoms with E-state index in [0.717, 1.165) is 11.4 Å². The summed E-state index contributed by atoms with van der Waals surface area (Å²) >= 11 is 0. The van der Waals surface area contributed by atoms with Crippen molar-refractivity contribution in [2.24, 2.45) is 0 Å². The first-order valence-corrected chi connectivity index (χ1v) is 23.6. The minimum absolute atomic E-state index is 1.15. The van der Waals surface area contributed by atoms with Gasteiger partial charge in [0.15, 0.2) is 0 Å². The van der Waals surface area contributed by atoms with Gasteiger partial charge in [0.2, 0.25) is 0 Å². The van der Waals surface area contributed by atoms with Crippen LogP contribution in [-0.4, -0.2) is 9.13 Å². The number of hydrogen-bond donors (Lipinski definition) is 0. The minimum atomic E-state index is 1.15. The standard InChI is InChI=1S/C66H40N2/c1-3-16-46(17-4-1)67-60-28-13-11-22-51(60)53-32-30-41(39-62(53)67)43-36-44(42-31-33-54-52-23-12-14-29-61(52)68(63(54)40-42)47-18-5-2-6-19-47)38-45(37-43)48-34-35-59-64-55(48)26-15-27-58(64)65-56-24-9-7-20-49(56)50-21-8-10-25-57(50)66(59)65/h1-40H. The number of aromatic nitrogens is 2. The van der Waals surface area contributed by atoms with Crippen LogP contribution in [0.1, 0.15) is 0 Å². The second-order valence-electron chi connectivity index (χ2n) is 18.4. The molecule has 15 rings (SSSR count). The summed E-state index contributed by atoms with van der Waals surface area (Å²) in [6.07, 6.45) is 0. The van der Waals surface area contributed by atoms with E-state index >= 15 is 0 Å². The molecule has 0 saturated carbocycles. The fourth-order valence-corrected chi connectivity index (χ4v) is 11.9. The van der Waals surface area contributed by atoms with Gasteiger partial charge in [0.05, 0.1) is 22.1 Å². The Hall–Kier alpha value is -8.98. The Morgan fingerprint density at radius 3 is 1.13 bits per heavy atom. The van der Waals surface area contributed by atoms with Crippen LogP contribution in [0.4, 0.5) is 0 Å². The number of fused-ring (bicyclic) bond motifs is 14. The van der Waals surface area contributed by atoms with Gasteiger partial charge >= 0.3 is 0 Å². The van der Waals surface area contributed by atoms with E-state index in [-0.39, 0.29) is 0 Å². The molecule has 1 aliphatic rings. The lowest BCUT2D eigenvalue weighted by Gasteiger charge is -2.15. The minimum Gasteiger partial charge on any atom is -0.309 e. The molecule has 2 aromatic heterocycles. The van der Waals surface area contributed by atoms with Crippen molar-refractivity contribution >= 4 is 75.9 Å². The lowest BCUT2D eigenvalue weighted by molar-refractivity contribution is 1.18. The molecule has 0 N–H and O–H groups in total. The summed E-state index contributed by atoms with van der Waals surface area (Å²) in [5.41, 5.74) is 19.5. The van der Waals surface area contributed by atoms with Crippen molar-refractivity contribution < 1.29 is 0 Å². The number of hydrogen-bond acceptors (Lipinski definition) is 0. The fraction of sp³-hybridized carbons (Fsp3) is 0. The van der Waals surface area contributed by atoms with Gasteiger partial charge < -0.3 is 9.13 Å². The molecule has 314 valence electrons. The maximum atomic E-state index is 2.43. The van der Waals surface area contributed by atoms with Gasteiger partial charge in [-0.3, -0.25) is 0 Å². The number of benzene rings is 12. The van der Waals surface area contributed by atoms with Gasteiger partial charge in [0.25, 0.3) is 0 Å². The van der Waals surface area contributed by atoms with Crippen LogP contribution in [0.2, 0.25) is 0 Å². The molecule has 68 heavy (non-hydrogen) atoms. The molecule has 2 nitrogen and oxygen atoms in total. The summed E-state index contributed by atoms with van der Waals surface area (Å²) in [7, 11) is 0. The van der Waals surface area contributed by atoms with Crippen molar-refractivity contribution in [2.75, 3.05) is 0 Å². The molecule has 0 saturated heterocycles. The third-order valence-electron chi connectivity index (χ3n) is 14.8. The van der Waals surface area contributed by atoms with Gasteiger partial charge in [-0.2, -0.15) is 0 Å². The van der Waals surface area contributed by atoms with E-state index in [1.807, 2.05) is 0 Å². The molecule has 0 spiro atoms. The van der Waals surface area contributed by atoms with E-state index in [2.05, 4.69) is 252 Å². The van der Waals surface area contributed by atoms with Crippen molar-refractivity contribution in [2.45, 2.75) is 0 Å². The maximum absolute atomic E-state index is 2.43. The summed E-state index contributed by atoms with van der Waals surface area (Å²) in [6.45, 7) is 0. The Kier molecular flexibility index (Phi) is 7.81. The molecule has 0 atom stereocenters. The van der Waals surface area contributed by atoms with Crippen molar-refractivity contribution in [1.29, 1.82) is 0 Å². The molecular formula is C66H40N2. The molecule has 2 heterocycles. The molecule has 0 amide bonds. The van der Waals surface area contributed by atoms with E-state index in [1.54, 1.807) is 0 Å². The molecule has 14 aromatic rings. The lowest BCUT2D eigenvalue weighted by Crippen LogP contribution is -1.94. The normalized spacial score (nSPS) is 12.1. The summed E-state index contributed by atoms with van der Waals surface area (Å²) in [6, 6.07) is 90.1. The van der Waals surface area contributed by atoms with Crippen molar-refractivity contribution in [3.05, 3.63) is 243 Å². The van der Waals surface area contributed by atoms with Crippen LogP contribution >= 0.6 is 0 Å². The third-order valence-corrected chi connectivity index (χ3v) is 14.8. The van der Waals surface area contributed by atoms with Crippen LogP contribution in [0.5, 0.6) is 0 Å². The Bertz CT molecular complexity index is 4170. The Morgan fingerprint density at radius 2 is 0.603 bits per heavy atom. The molecule has 0 fully saturated rings. The van der Waals surface area contributed by atoms with Crippen LogP contribution in [0.15, 0.2) is 243 Å². The maximum Gasteiger partial charge on any atom is 0.0547 e. The molecule has 12 aromatic carbocycles. The Labute approximate surface area is 392 Å². The van der Waals surface area contributed by atoms with Crippen molar-refractivity contribution in [3.63, 3.8) is 0 Å². The highest BCUT2D eigenvalue weighted by Crippen LogP contribution is 2.55. The second kappa shape index (κ2) is 14.3. The third kappa shape index (κ3) is 5.28. The fourth-order valence-electron chi connectivity index (χ4n) is 11.9. The zero-order valence-electron chi connectivity index (χ0n) is 37.0. The van der Waals surface area contributed by atoms with Crippen LogP contribution in [0, 0.1) is 0 Å². The zero-order chi connectivity index (χ0) is 44.5. The summed E-state index contributed by atoms with van der Waals surface area (Å²) in [4.78, 5) is 0. The lowest BCUT2D eigenvalue weighted by atomic mass is 9.89. The molecule has 0 aliphatic heterocycles. The summed E-state index contributed by atoms with van der Waals surface area (Å²) in [5.74, 6) is 0. The highest BCUT2D eigenvalue weighted by atomic mass is 15.0. The first-order chi connectivity index (χ1) is 33.7. The predicted molar refractivity (Wildman–Crippen MR) is 288 cm³/mol.